The van der Waals surface area contributed by atoms with Gasteiger partial charge in [0.2, 0.25) is 0 Å². The third-order valence-corrected chi connectivity index (χ3v) is 6.27. The van der Waals surface area contributed by atoms with E-state index in [0.29, 0.717) is 24.6 Å². The summed E-state index contributed by atoms with van der Waals surface area (Å²) in [5.41, 5.74) is 3.74. The van der Waals surface area contributed by atoms with Crippen LogP contribution in [-0.4, -0.2) is 22.3 Å². The van der Waals surface area contributed by atoms with Crippen molar-refractivity contribution < 1.29 is 9.21 Å². The van der Waals surface area contributed by atoms with E-state index >= 15 is 0 Å². The number of rotatable bonds is 7. The van der Waals surface area contributed by atoms with Crippen LogP contribution in [0.1, 0.15) is 60.7 Å². The summed E-state index contributed by atoms with van der Waals surface area (Å²) in [5.74, 6) is 1.81. The van der Waals surface area contributed by atoms with Crippen molar-refractivity contribution in [1.82, 2.24) is 9.88 Å². The summed E-state index contributed by atoms with van der Waals surface area (Å²) in [6, 6.07) is 14.2. The van der Waals surface area contributed by atoms with Gasteiger partial charge in [0, 0.05) is 30.4 Å². The topological polar surface area (TPSA) is 46.3 Å². The van der Waals surface area contributed by atoms with Crippen molar-refractivity contribution in [3.63, 3.8) is 0 Å². The molecule has 0 atom stereocenters. The minimum absolute atomic E-state index is 0.0866. The summed E-state index contributed by atoms with van der Waals surface area (Å²) in [7, 11) is 0. The highest BCUT2D eigenvalue weighted by atomic mass is 32.2. The van der Waals surface area contributed by atoms with Gasteiger partial charge in [0.15, 0.2) is 5.76 Å². The summed E-state index contributed by atoms with van der Waals surface area (Å²) in [4.78, 5) is 19.9. The van der Waals surface area contributed by atoms with E-state index in [1.165, 1.54) is 16.0 Å². The van der Waals surface area contributed by atoms with Gasteiger partial charge >= 0.3 is 0 Å². The lowest BCUT2D eigenvalue weighted by atomic mass is 9.87. The molecule has 0 spiro atoms. The first-order valence-corrected chi connectivity index (χ1v) is 11.3. The van der Waals surface area contributed by atoms with E-state index in [4.69, 9.17) is 4.42 Å². The zero-order chi connectivity index (χ0) is 21.7. The molecule has 0 aliphatic carbocycles. The van der Waals surface area contributed by atoms with E-state index in [-0.39, 0.29) is 11.3 Å². The van der Waals surface area contributed by atoms with Crippen LogP contribution in [0, 0.1) is 6.92 Å². The van der Waals surface area contributed by atoms with Gasteiger partial charge in [-0.2, -0.15) is 0 Å². The molecule has 0 fully saturated rings. The molecule has 0 unspecified atom stereocenters. The normalized spacial score (nSPS) is 11.5. The van der Waals surface area contributed by atoms with E-state index in [9.17, 15) is 4.79 Å². The molecule has 0 radical (unpaired) electrons. The number of hydrogen-bond acceptors (Lipinski definition) is 4. The van der Waals surface area contributed by atoms with Gasteiger partial charge in [-0.25, -0.2) is 0 Å². The van der Waals surface area contributed by atoms with E-state index in [0.717, 1.165) is 11.3 Å². The zero-order valence-electron chi connectivity index (χ0n) is 18.4. The van der Waals surface area contributed by atoms with Crippen LogP contribution in [0.2, 0.25) is 0 Å². The molecule has 3 rings (SSSR count). The lowest BCUT2D eigenvalue weighted by Crippen LogP contribution is -2.30. The first-order valence-electron chi connectivity index (χ1n) is 10.3. The molecule has 158 valence electrons. The molecule has 2 aromatic heterocycles. The Bertz CT molecular complexity index is 990. The number of aromatic nitrogens is 1. The van der Waals surface area contributed by atoms with Gasteiger partial charge in [-0.1, -0.05) is 32.9 Å². The molecule has 0 aliphatic heterocycles. The van der Waals surface area contributed by atoms with Crippen molar-refractivity contribution in [1.29, 1.82) is 0 Å². The van der Waals surface area contributed by atoms with Gasteiger partial charge < -0.3 is 9.32 Å². The molecule has 0 saturated carbocycles. The van der Waals surface area contributed by atoms with Crippen molar-refractivity contribution in [2.24, 2.45) is 0 Å². The molecule has 0 bridgehead atoms. The number of carbonyl (C=O) groups excluding carboxylic acids is 1. The number of nitrogens with zero attached hydrogens (tertiary/aromatic N) is 2. The first kappa shape index (κ1) is 22.2. The maximum absolute atomic E-state index is 12.9. The highest BCUT2D eigenvalue weighted by molar-refractivity contribution is 7.98. The van der Waals surface area contributed by atoms with Crippen LogP contribution in [0.15, 0.2) is 64.2 Å². The Morgan fingerprint density at radius 1 is 1.10 bits per heavy atom. The van der Waals surface area contributed by atoms with Crippen LogP contribution in [0.5, 0.6) is 0 Å². The van der Waals surface area contributed by atoms with E-state index < -0.39 is 0 Å². The molecule has 0 N–H and O–H groups in total. The Morgan fingerprint density at radius 3 is 2.50 bits per heavy atom. The third-order valence-electron chi connectivity index (χ3n) is 5.09. The number of carbonyl (C=O) groups is 1. The number of thioether (sulfide) groups is 1. The van der Waals surface area contributed by atoms with Gasteiger partial charge in [0.05, 0.1) is 5.75 Å². The SMILES string of the molecule is CCN(Cc1ccncc1)C(=O)c1ccc(CSc2cc(C(C)(C)C)ccc2C)o1. The van der Waals surface area contributed by atoms with Gasteiger partial charge in [-0.05, 0) is 66.3 Å². The number of aryl methyl sites for hydroxylation is 1. The lowest BCUT2D eigenvalue weighted by Gasteiger charge is -2.20. The van der Waals surface area contributed by atoms with Crippen molar-refractivity contribution in [3.05, 3.63) is 83.1 Å². The predicted octanol–water partition coefficient (Wildman–Crippen LogP) is 6.24. The molecular weight excluding hydrogens is 392 g/mol. The first-order chi connectivity index (χ1) is 14.3. The second kappa shape index (κ2) is 9.52. The molecular formula is C25H30N2O2S. The number of hydrogen-bond donors (Lipinski definition) is 0. The highest BCUT2D eigenvalue weighted by Gasteiger charge is 2.19. The fraction of sp³-hybridized carbons (Fsp3) is 0.360. The summed E-state index contributed by atoms with van der Waals surface area (Å²) in [6.45, 7) is 11.9. The Hall–Kier alpha value is -2.53. The molecule has 3 aromatic rings. The lowest BCUT2D eigenvalue weighted by molar-refractivity contribution is 0.0719. The maximum atomic E-state index is 12.9. The van der Waals surface area contributed by atoms with Gasteiger partial charge in [-0.3, -0.25) is 9.78 Å². The number of benzene rings is 1. The van der Waals surface area contributed by atoms with Crippen LogP contribution >= 0.6 is 11.8 Å². The molecule has 4 nitrogen and oxygen atoms in total. The second-order valence-electron chi connectivity index (χ2n) is 8.46. The fourth-order valence-electron chi connectivity index (χ4n) is 3.13. The van der Waals surface area contributed by atoms with Crippen LogP contribution in [0.3, 0.4) is 0 Å². The number of furan rings is 1. The standard InChI is InChI=1S/C25H30N2O2S/c1-6-27(16-19-11-13-26-14-12-19)24(28)22-10-9-21(29-22)17-30-23-15-20(25(3,4)5)8-7-18(23)2/h7-15H,6,16-17H2,1-5H3. The molecule has 1 aromatic carbocycles. The third kappa shape index (κ3) is 5.54. The van der Waals surface area contributed by atoms with Crippen molar-refractivity contribution in [2.45, 2.75) is 57.2 Å². The Kier molecular flexibility index (Phi) is 7.03. The summed E-state index contributed by atoms with van der Waals surface area (Å²) in [6.07, 6.45) is 3.49. The highest BCUT2D eigenvalue weighted by Crippen LogP contribution is 2.32. The van der Waals surface area contributed by atoms with Crippen LogP contribution in [0.25, 0.3) is 0 Å². The molecule has 1 amide bonds. The molecule has 2 heterocycles. The van der Waals surface area contributed by atoms with Gasteiger partial charge in [0.25, 0.3) is 5.91 Å². The van der Waals surface area contributed by atoms with E-state index in [2.05, 4.69) is 50.9 Å². The van der Waals surface area contributed by atoms with Crippen molar-refractivity contribution >= 4 is 17.7 Å². The summed E-state index contributed by atoms with van der Waals surface area (Å²) >= 11 is 1.75. The zero-order valence-corrected chi connectivity index (χ0v) is 19.3. The maximum Gasteiger partial charge on any atom is 0.289 e. The minimum atomic E-state index is -0.0866. The van der Waals surface area contributed by atoms with Crippen LogP contribution < -0.4 is 0 Å². The van der Waals surface area contributed by atoms with E-state index in [1.807, 2.05) is 25.1 Å². The minimum Gasteiger partial charge on any atom is -0.455 e. The molecule has 0 aliphatic rings. The number of pyridine rings is 1. The van der Waals surface area contributed by atoms with Gasteiger partial charge in [-0.15, -0.1) is 11.8 Å². The number of amides is 1. The largest absolute Gasteiger partial charge is 0.455 e. The van der Waals surface area contributed by atoms with Crippen molar-refractivity contribution in [2.75, 3.05) is 6.54 Å². The second-order valence-corrected chi connectivity index (χ2v) is 9.48. The fourth-order valence-corrected chi connectivity index (χ4v) is 4.09. The summed E-state index contributed by atoms with van der Waals surface area (Å²) in [5, 5.41) is 0. The van der Waals surface area contributed by atoms with Crippen molar-refractivity contribution in [3.8, 4) is 0 Å². The average molecular weight is 423 g/mol. The molecule has 5 heteroatoms. The summed E-state index contributed by atoms with van der Waals surface area (Å²) < 4.78 is 5.90. The van der Waals surface area contributed by atoms with E-state index in [1.54, 1.807) is 35.1 Å². The van der Waals surface area contributed by atoms with Crippen LogP contribution in [0.4, 0.5) is 0 Å². The average Bonchev–Trinajstić information content (AvgIpc) is 3.20. The van der Waals surface area contributed by atoms with Crippen LogP contribution in [-0.2, 0) is 17.7 Å². The Morgan fingerprint density at radius 2 is 1.83 bits per heavy atom. The predicted molar refractivity (Wildman–Crippen MR) is 123 cm³/mol. The Labute approximate surface area is 183 Å². The smallest absolute Gasteiger partial charge is 0.289 e. The monoisotopic (exact) mass is 422 g/mol. The quantitative estimate of drug-likeness (QED) is 0.423. The van der Waals surface area contributed by atoms with Gasteiger partial charge in [0.1, 0.15) is 5.76 Å². The molecule has 0 saturated heterocycles. The Balaban J connectivity index is 1.67. The molecule has 30 heavy (non-hydrogen) atoms.